The lowest BCUT2D eigenvalue weighted by atomic mass is 9.64. The minimum absolute atomic E-state index is 0.0379. The summed E-state index contributed by atoms with van der Waals surface area (Å²) in [7, 11) is -4.10. The van der Waals surface area contributed by atoms with Gasteiger partial charge in [-0.3, -0.25) is 9.59 Å². The van der Waals surface area contributed by atoms with E-state index >= 15 is 0 Å². The van der Waals surface area contributed by atoms with Gasteiger partial charge in [0, 0.05) is 50.3 Å². The number of sulfone groups is 1. The Balaban J connectivity index is 2.16. The third-order valence-corrected chi connectivity index (χ3v) is 10.8. The van der Waals surface area contributed by atoms with Crippen molar-refractivity contribution in [2.45, 2.75) is 78.4 Å². The van der Waals surface area contributed by atoms with Crippen molar-refractivity contribution in [1.82, 2.24) is 10.2 Å². The molecule has 0 saturated heterocycles. The van der Waals surface area contributed by atoms with Gasteiger partial charge < -0.3 is 26.2 Å². The van der Waals surface area contributed by atoms with Crippen LogP contribution in [0, 0.1) is 23.0 Å². The van der Waals surface area contributed by atoms with Crippen LogP contribution in [0.2, 0.25) is 0 Å². The number of rotatable bonds is 20. The summed E-state index contributed by atoms with van der Waals surface area (Å²) >= 11 is 0. The maximum Gasteiger partial charge on any atom is 0.249 e. The van der Waals surface area contributed by atoms with Gasteiger partial charge in [0.2, 0.25) is 11.8 Å². The van der Waals surface area contributed by atoms with Crippen molar-refractivity contribution >= 4 is 21.7 Å². The van der Waals surface area contributed by atoms with Gasteiger partial charge in [0.25, 0.3) is 0 Å². The highest BCUT2D eigenvalue weighted by molar-refractivity contribution is 7.95. The molecule has 9 nitrogen and oxygen atoms in total. The summed E-state index contributed by atoms with van der Waals surface area (Å²) in [6.45, 7) is 6.72. The zero-order valence-corrected chi connectivity index (χ0v) is 29.6. The molecule has 0 spiro atoms. The molecule has 0 saturated carbocycles. The standard InChI is InChI=1S/C37H51F2N3O6S/c1-4-12-42(13-5-2)35(45)29-20-32(49(47,48)15-8-7-14-43)23-37(22-29,36(40)46)33(19-28-17-30(38)21-31(39)18-28)34(44)25-41-24-27-11-9-10-26(6-3)16-27/h9-11,16-18,20-21,23,33-34,41,43-44H,4-8,12-15,19,22,24-25H2,1-3H3,(H2,40,46)/t33-,34+,37?/m1/s1. The van der Waals surface area contributed by atoms with Crippen LogP contribution in [0.1, 0.15) is 69.6 Å². The Labute approximate surface area is 289 Å². The van der Waals surface area contributed by atoms with E-state index in [1.165, 1.54) is 12.2 Å². The first kappa shape index (κ1) is 40.0. The van der Waals surface area contributed by atoms with Crippen LogP contribution in [0.5, 0.6) is 0 Å². The molecule has 0 aliphatic heterocycles. The molecule has 0 radical (unpaired) electrons. The minimum atomic E-state index is -4.10. The van der Waals surface area contributed by atoms with E-state index < -0.39 is 50.7 Å². The van der Waals surface area contributed by atoms with Crippen LogP contribution in [0.3, 0.4) is 0 Å². The van der Waals surface area contributed by atoms with E-state index in [0.717, 1.165) is 29.7 Å². The van der Waals surface area contributed by atoms with Gasteiger partial charge in [0.05, 0.1) is 22.2 Å². The van der Waals surface area contributed by atoms with Crippen molar-refractivity contribution in [3.8, 4) is 0 Å². The van der Waals surface area contributed by atoms with Gasteiger partial charge in [-0.25, -0.2) is 17.2 Å². The third kappa shape index (κ3) is 10.8. The molecule has 3 atom stereocenters. The van der Waals surface area contributed by atoms with Crippen LogP contribution in [0.15, 0.2) is 65.1 Å². The second kappa shape index (κ2) is 18.5. The van der Waals surface area contributed by atoms with Crippen molar-refractivity contribution in [2.75, 3.05) is 32.0 Å². The van der Waals surface area contributed by atoms with E-state index in [0.29, 0.717) is 38.5 Å². The number of carbonyl (C=O) groups is 2. The number of benzene rings is 2. The first-order valence-corrected chi connectivity index (χ1v) is 18.7. The van der Waals surface area contributed by atoms with E-state index in [2.05, 4.69) is 5.32 Å². The molecule has 2 aromatic carbocycles. The Hall–Kier alpha value is -3.45. The predicted molar refractivity (Wildman–Crippen MR) is 187 cm³/mol. The van der Waals surface area contributed by atoms with E-state index in [4.69, 9.17) is 5.73 Å². The summed E-state index contributed by atoms with van der Waals surface area (Å²) in [4.78, 5) is 29.1. The van der Waals surface area contributed by atoms with Crippen molar-refractivity contribution < 1.29 is 37.0 Å². The molecule has 1 unspecified atom stereocenters. The lowest BCUT2D eigenvalue weighted by Gasteiger charge is -2.42. The fourth-order valence-electron chi connectivity index (χ4n) is 6.47. The molecule has 5 N–H and O–H groups in total. The fraction of sp³-hybridized carbons (Fsp3) is 0.514. The SMILES string of the molecule is CCCN(CCC)C(=O)C1=CC(S(=O)(=O)CCCCO)=CC(C(N)=O)([C@H](Cc2cc(F)cc(F)c2)[C@@H](O)CNCc2cccc(CC)c2)C1. The molecule has 1 aliphatic carbocycles. The monoisotopic (exact) mass is 703 g/mol. The van der Waals surface area contributed by atoms with Crippen LogP contribution in [0.25, 0.3) is 0 Å². The predicted octanol–water partition coefficient (Wildman–Crippen LogP) is 4.36. The number of nitrogens with zero attached hydrogens (tertiary/aromatic N) is 1. The fourth-order valence-corrected chi connectivity index (χ4v) is 8.00. The summed E-state index contributed by atoms with van der Waals surface area (Å²) in [6.07, 6.45) is 3.02. The Morgan fingerprint density at radius 3 is 2.24 bits per heavy atom. The number of nitrogens with one attached hydrogen (secondary N) is 1. The quantitative estimate of drug-likeness (QED) is 0.150. The van der Waals surface area contributed by atoms with Gasteiger partial charge in [-0.2, -0.15) is 0 Å². The molecular weight excluding hydrogens is 652 g/mol. The molecule has 1 aliphatic rings. The summed E-state index contributed by atoms with van der Waals surface area (Å²) in [5.74, 6) is -4.72. The number of nitrogens with two attached hydrogens (primary N) is 1. The van der Waals surface area contributed by atoms with Crippen molar-refractivity contribution in [3.63, 3.8) is 0 Å². The average molecular weight is 704 g/mol. The highest BCUT2D eigenvalue weighted by atomic mass is 32.2. The van der Waals surface area contributed by atoms with Crippen LogP contribution >= 0.6 is 0 Å². The van der Waals surface area contributed by atoms with Crippen molar-refractivity contribution in [3.05, 3.63) is 93.4 Å². The molecule has 2 aromatic rings. The summed E-state index contributed by atoms with van der Waals surface area (Å²) in [5, 5.41) is 24.3. The largest absolute Gasteiger partial charge is 0.396 e. The van der Waals surface area contributed by atoms with E-state index in [1.54, 1.807) is 4.90 Å². The van der Waals surface area contributed by atoms with Crippen LogP contribution in [-0.4, -0.2) is 73.4 Å². The lowest BCUT2D eigenvalue weighted by Crippen LogP contribution is -2.52. The molecule has 0 aromatic heterocycles. The Morgan fingerprint density at radius 1 is 1.00 bits per heavy atom. The zero-order valence-electron chi connectivity index (χ0n) is 28.8. The van der Waals surface area contributed by atoms with Gasteiger partial charge in [-0.05, 0) is 85.9 Å². The Bertz CT molecular complexity index is 1590. The van der Waals surface area contributed by atoms with Gasteiger partial charge in [0.1, 0.15) is 11.6 Å². The van der Waals surface area contributed by atoms with Gasteiger partial charge in [-0.15, -0.1) is 0 Å². The zero-order chi connectivity index (χ0) is 36.2. The van der Waals surface area contributed by atoms with Crippen LogP contribution < -0.4 is 11.1 Å². The number of allylic oxidation sites excluding steroid dienone is 1. The number of halogens is 2. The number of carbonyl (C=O) groups excluding carboxylic acids is 2. The normalized spacial score (nSPS) is 17.6. The van der Waals surface area contributed by atoms with Gasteiger partial charge >= 0.3 is 0 Å². The topological polar surface area (TPSA) is 150 Å². The molecule has 0 fully saturated rings. The van der Waals surface area contributed by atoms with E-state index in [9.17, 15) is 37.0 Å². The maximum absolute atomic E-state index is 14.4. The number of aliphatic hydroxyl groups is 2. The van der Waals surface area contributed by atoms with Gasteiger partial charge in [0.15, 0.2) is 9.84 Å². The summed E-state index contributed by atoms with van der Waals surface area (Å²) in [6, 6.07) is 10.8. The first-order valence-electron chi connectivity index (χ1n) is 17.1. The molecule has 0 bridgehead atoms. The Kier molecular flexibility index (Phi) is 15.1. The van der Waals surface area contributed by atoms with Crippen molar-refractivity contribution in [2.24, 2.45) is 17.1 Å². The molecule has 0 heterocycles. The minimum Gasteiger partial charge on any atom is -0.396 e. The van der Waals surface area contributed by atoms with E-state index in [1.807, 2.05) is 45.0 Å². The third-order valence-electron chi connectivity index (χ3n) is 8.97. The number of amides is 2. The molecule has 49 heavy (non-hydrogen) atoms. The molecule has 270 valence electrons. The smallest absolute Gasteiger partial charge is 0.249 e. The second-order valence-corrected chi connectivity index (χ2v) is 14.9. The highest BCUT2D eigenvalue weighted by Crippen LogP contribution is 2.45. The van der Waals surface area contributed by atoms with Crippen LogP contribution in [0.4, 0.5) is 8.78 Å². The van der Waals surface area contributed by atoms with Gasteiger partial charge in [-0.1, -0.05) is 45.0 Å². The summed E-state index contributed by atoms with van der Waals surface area (Å²) in [5.41, 5.74) is 6.46. The molecule has 12 heteroatoms. The Morgan fingerprint density at radius 2 is 1.65 bits per heavy atom. The number of aliphatic hydroxyl groups excluding tert-OH is 2. The lowest BCUT2D eigenvalue weighted by molar-refractivity contribution is -0.132. The first-order chi connectivity index (χ1) is 23.3. The van der Waals surface area contributed by atoms with E-state index in [-0.39, 0.29) is 60.6 Å². The second-order valence-electron chi connectivity index (χ2n) is 12.8. The number of unbranched alkanes of at least 4 members (excludes halogenated alkanes) is 1. The van der Waals surface area contributed by atoms with Crippen molar-refractivity contribution in [1.29, 1.82) is 0 Å². The number of hydrogen-bond acceptors (Lipinski definition) is 7. The number of primary amides is 1. The highest BCUT2D eigenvalue weighted by Gasteiger charge is 2.50. The number of aryl methyl sites for hydroxylation is 1. The number of hydrogen-bond donors (Lipinski definition) is 4. The molecule has 2 amide bonds. The average Bonchev–Trinajstić information content (AvgIpc) is 3.06. The summed E-state index contributed by atoms with van der Waals surface area (Å²) < 4.78 is 56.3. The molecule has 3 rings (SSSR count). The maximum atomic E-state index is 14.4. The molecular formula is C37H51F2N3O6S. The van der Waals surface area contributed by atoms with Crippen LogP contribution in [-0.2, 0) is 38.8 Å².